The van der Waals surface area contributed by atoms with Crippen LogP contribution in [-0.4, -0.2) is 29.4 Å². The number of aliphatic hydroxyl groups excluding tert-OH is 1. The van der Waals surface area contributed by atoms with Crippen molar-refractivity contribution in [2.45, 2.75) is 26.3 Å². The molecule has 1 fully saturated rings. The molecule has 5 rings (SSSR count). The molecule has 0 saturated carbocycles. The highest BCUT2D eigenvalue weighted by Gasteiger charge is 2.47. The molecule has 1 saturated heterocycles. The molecule has 1 aliphatic rings. The number of Topliss-reactive ketones (excluding diaryl/α,β-unsaturated/α-hetero) is 1. The Morgan fingerprint density at radius 3 is 2.45 bits per heavy atom. The lowest BCUT2D eigenvalue weighted by atomic mass is 9.92. The average Bonchev–Trinajstić information content (AvgIpc) is 3.21. The number of hydrogen-bond donors (Lipinski definition) is 1. The number of ether oxygens (including phenoxy) is 1. The lowest BCUT2D eigenvalue weighted by Gasteiger charge is -2.26. The number of rotatable bonds is 6. The van der Waals surface area contributed by atoms with E-state index in [0.717, 1.165) is 16.3 Å². The van der Waals surface area contributed by atoms with E-state index in [2.05, 4.69) is 0 Å². The number of aliphatic hydroxyl groups is 1. The zero-order valence-electron chi connectivity index (χ0n) is 21.2. The van der Waals surface area contributed by atoms with E-state index in [4.69, 9.17) is 4.74 Å². The summed E-state index contributed by atoms with van der Waals surface area (Å²) in [5, 5.41) is 13.3. The summed E-state index contributed by atoms with van der Waals surface area (Å²) in [5.41, 5.74) is 2.71. The van der Waals surface area contributed by atoms with Crippen LogP contribution in [0.1, 0.15) is 46.4 Å². The zero-order valence-corrected chi connectivity index (χ0v) is 21.2. The number of amides is 1. The Labute approximate surface area is 220 Å². The molecule has 1 unspecified atom stereocenters. The Balaban J connectivity index is 1.71. The Morgan fingerprint density at radius 2 is 1.66 bits per heavy atom. The molecule has 190 valence electrons. The molecule has 38 heavy (non-hydrogen) atoms. The molecular weight excluding hydrogens is 478 g/mol. The summed E-state index contributed by atoms with van der Waals surface area (Å²) in [6.45, 7) is 4.10. The second-order valence-corrected chi connectivity index (χ2v) is 9.30. The van der Waals surface area contributed by atoms with Crippen LogP contribution < -0.4 is 4.90 Å². The highest BCUT2D eigenvalue weighted by atomic mass is 16.5. The number of aryl methyl sites for hydroxylation is 1. The monoisotopic (exact) mass is 505 g/mol. The first-order valence-corrected chi connectivity index (χ1v) is 12.5. The summed E-state index contributed by atoms with van der Waals surface area (Å²) in [6, 6.07) is 26.1. The first kappa shape index (κ1) is 25.0. The van der Waals surface area contributed by atoms with Crippen LogP contribution >= 0.6 is 0 Å². The topological polar surface area (TPSA) is 83.9 Å². The van der Waals surface area contributed by atoms with E-state index in [1.54, 1.807) is 36.4 Å². The zero-order chi connectivity index (χ0) is 26.8. The molecule has 4 aromatic carbocycles. The van der Waals surface area contributed by atoms with Gasteiger partial charge in [-0.1, -0.05) is 85.3 Å². The van der Waals surface area contributed by atoms with Crippen LogP contribution in [0, 0.1) is 6.92 Å². The number of anilines is 1. The van der Waals surface area contributed by atoms with E-state index in [1.165, 1.54) is 4.90 Å². The van der Waals surface area contributed by atoms with Gasteiger partial charge in [-0.05, 0) is 47.9 Å². The van der Waals surface area contributed by atoms with E-state index >= 15 is 0 Å². The van der Waals surface area contributed by atoms with Gasteiger partial charge in [0.25, 0.3) is 11.7 Å². The van der Waals surface area contributed by atoms with Crippen molar-refractivity contribution in [3.05, 3.63) is 119 Å². The van der Waals surface area contributed by atoms with Gasteiger partial charge in [0.15, 0.2) is 0 Å². The van der Waals surface area contributed by atoms with Gasteiger partial charge in [0.1, 0.15) is 5.76 Å². The Bertz CT molecular complexity index is 1600. The first-order chi connectivity index (χ1) is 18.4. The molecule has 6 nitrogen and oxygen atoms in total. The van der Waals surface area contributed by atoms with Gasteiger partial charge in [0.2, 0.25) is 0 Å². The predicted molar refractivity (Wildman–Crippen MR) is 147 cm³/mol. The summed E-state index contributed by atoms with van der Waals surface area (Å²) in [6.07, 6.45) is 0.682. The number of nitrogens with zero attached hydrogens (tertiary/aromatic N) is 1. The largest absolute Gasteiger partial charge is 0.507 e. The molecule has 1 amide bonds. The normalized spacial score (nSPS) is 16.7. The van der Waals surface area contributed by atoms with E-state index < -0.39 is 23.7 Å². The number of carbonyl (C=O) groups is 3. The highest BCUT2D eigenvalue weighted by Crippen LogP contribution is 2.43. The summed E-state index contributed by atoms with van der Waals surface area (Å²) in [7, 11) is 0. The lowest BCUT2D eigenvalue weighted by Crippen LogP contribution is -2.29. The lowest BCUT2D eigenvalue weighted by molar-refractivity contribution is -0.132. The number of hydrogen-bond acceptors (Lipinski definition) is 5. The van der Waals surface area contributed by atoms with Crippen LogP contribution in [0.25, 0.3) is 16.5 Å². The maximum atomic E-state index is 13.6. The van der Waals surface area contributed by atoms with Crippen molar-refractivity contribution < 1.29 is 24.2 Å². The minimum atomic E-state index is -0.893. The molecule has 0 aliphatic carbocycles. The molecule has 4 aromatic rings. The number of esters is 1. The maximum Gasteiger partial charge on any atom is 0.338 e. The maximum absolute atomic E-state index is 13.6. The summed E-state index contributed by atoms with van der Waals surface area (Å²) >= 11 is 0. The fourth-order valence-electron chi connectivity index (χ4n) is 4.89. The molecule has 6 heteroatoms. The van der Waals surface area contributed by atoms with Gasteiger partial charge in [-0.25, -0.2) is 4.79 Å². The van der Waals surface area contributed by atoms with Crippen molar-refractivity contribution in [3.8, 4) is 0 Å². The Hall–Kier alpha value is -4.71. The van der Waals surface area contributed by atoms with E-state index in [9.17, 15) is 19.5 Å². The summed E-state index contributed by atoms with van der Waals surface area (Å²) < 4.78 is 5.27. The average molecular weight is 506 g/mol. The molecule has 0 radical (unpaired) electrons. The fourth-order valence-corrected chi connectivity index (χ4v) is 4.89. The Morgan fingerprint density at radius 1 is 0.921 bits per heavy atom. The fraction of sp³-hybridized carbons (Fsp3) is 0.156. The van der Waals surface area contributed by atoms with Gasteiger partial charge in [-0.2, -0.15) is 0 Å². The van der Waals surface area contributed by atoms with E-state index in [0.29, 0.717) is 23.2 Å². The van der Waals surface area contributed by atoms with Crippen molar-refractivity contribution in [2.75, 3.05) is 11.5 Å². The smallest absolute Gasteiger partial charge is 0.338 e. The Kier molecular flexibility index (Phi) is 6.79. The second-order valence-electron chi connectivity index (χ2n) is 9.30. The third kappa shape index (κ3) is 4.45. The summed E-state index contributed by atoms with van der Waals surface area (Å²) in [4.78, 5) is 41.0. The van der Waals surface area contributed by atoms with Gasteiger partial charge in [-0.15, -0.1) is 0 Å². The number of ketones is 1. The molecule has 1 aliphatic heterocycles. The molecular formula is C32H27NO5. The third-order valence-corrected chi connectivity index (χ3v) is 6.64. The van der Waals surface area contributed by atoms with Crippen LogP contribution in [0.3, 0.4) is 0 Å². The number of fused-ring (bicyclic) bond motifs is 1. The van der Waals surface area contributed by atoms with Crippen LogP contribution in [0.15, 0.2) is 96.6 Å². The van der Waals surface area contributed by atoms with Gasteiger partial charge in [0, 0.05) is 11.3 Å². The second kappa shape index (κ2) is 10.3. The van der Waals surface area contributed by atoms with Crippen LogP contribution in [0.5, 0.6) is 0 Å². The third-order valence-electron chi connectivity index (χ3n) is 6.64. The quantitative estimate of drug-likeness (QED) is 0.143. The SMILES string of the molecule is CCCOC(=O)c1cccc(N2C(=O)C(=O)/C(=C(\O)c3cccc4ccccc34)C2c2cccc(C)c2)c1. The van der Waals surface area contributed by atoms with Gasteiger partial charge < -0.3 is 9.84 Å². The molecule has 1 atom stereocenters. The van der Waals surface area contributed by atoms with Gasteiger partial charge >= 0.3 is 5.97 Å². The molecule has 0 aromatic heterocycles. The molecule has 1 N–H and O–H groups in total. The summed E-state index contributed by atoms with van der Waals surface area (Å²) in [5.74, 6) is -2.32. The standard InChI is InChI=1S/C32H27NO5/c1-3-17-38-32(37)23-13-7-14-24(19-23)33-28(22-12-6-9-20(2)18-22)27(30(35)31(33)36)29(34)26-16-8-11-21-10-4-5-15-25(21)26/h4-16,18-19,28,34H,3,17H2,1-2H3/b29-27-. The molecule has 0 spiro atoms. The minimum Gasteiger partial charge on any atom is -0.507 e. The van der Waals surface area contributed by atoms with Crippen LogP contribution in [-0.2, 0) is 14.3 Å². The van der Waals surface area contributed by atoms with E-state index in [1.807, 2.05) is 68.4 Å². The number of benzene rings is 4. The number of carbonyl (C=O) groups excluding carboxylic acids is 3. The first-order valence-electron chi connectivity index (χ1n) is 12.5. The highest BCUT2D eigenvalue weighted by molar-refractivity contribution is 6.51. The van der Waals surface area contributed by atoms with Gasteiger partial charge in [0.05, 0.1) is 23.8 Å². The van der Waals surface area contributed by atoms with Crippen LogP contribution in [0.2, 0.25) is 0 Å². The predicted octanol–water partition coefficient (Wildman–Crippen LogP) is 6.34. The van der Waals surface area contributed by atoms with Crippen molar-refractivity contribution in [1.29, 1.82) is 0 Å². The van der Waals surface area contributed by atoms with Crippen molar-refractivity contribution in [1.82, 2.24) is 0 Å². The molecule has 1 heterocycles. The van der Waals surface area contributed by atoms with E-state index in [-0.39, 0.29) is 23.5 Å². The van der Waals surface area contributed by atoms with Crippen molar-refractivity contribution in [2.24, 2.45) is 0 Å². The van der Waals surface area contributed by atoms with Crippen LogP contribution in [0.4, 0.5) is 5.69 Å². The van der Waals surface area contributed by atoms with Gasteiger partial charge in [-0.3, -0.25) is 14.5 Å². The molecule has 0 bridgehead atoms. The minimum absolute atomic E-state index is 0.00378. The van der Waals surface area contributed by atoms with Crippen molar-refractivity contribution in [3.63, 3.8) is 0 Å². The van der Waals surface area contributed by atoms with Crippen molar-refractivity contribution >= 4 is 39.9 Å².